The van der Waals surface area contributed by atoms with E-state index in [1.807, 2.05) is 0 Å². The highest BCUT2D eigenvalue weighted by atomic mass is 16.5. The standard InChI is InChI=1S/C14H26N2O3/c1-11-4-2-3-5-12(11)18-9-7-16-14(17)13-10-15-6-8-19-13/h11-13,15H,2-10H2,1H3,(H,16,17). The van der Waals surface area contributed by atoms with Crippen molar-refractivity contribution in [3.63, 3.8) is 0 Å². The Morgan fingerprint density at radius 3 is 3.00 bits per heavy atom. The Labute approximate surface area is 115 Å². The van der Waals surface area contributed by atoms with E-state index in [-0.39, 0.29) is 12.0 Å². The van der Waals surface area contributed by atoms with E-state index in [4.69, 9.17) is 9.47 Å². The van der Waals surface area contributed by atoms with Crippen molar-refractivity contribution in [1.82, 2.24) is 10.6 Å². The first-order valence-corrected chi connectivity index (χ1v) is 7.49. The summed E-state index contributed by atoms with van der Waals surface area (Å²) in [5.74, 6) is 0.614. The summed E-state index contributed by atoms with van der Waals surface area (Å²) in [6.45, 7) is 5.46. The summed E-state index contributed by atoms with van der Waals surface area (Å²) >= 11 is 0. The molecule has 2 N–H and O–H groups in total. The fraction of sp³-hybridized carbons (Fsp3) is 0.929. The fourth-order valence-corrected chi connectivity index (χ4v) is 2.76. The van der Waals surface area contributed by atoms with Gasteiger partial charge in [0.25, 0.3) is 5.91 Å². The first-order valence-electron chi connectivity index (χ1n) is 7.49. The molecule has 3 unspecified atom stereocenters. The average Bonchev–Trinajstić information content (AvgIpc) is 2.46. The Hall–Kier alpha value is -0.650. The Bertz CT molecular complexity index is 280. The van der Waals surface area contributed by atoms with Crippen LogP contribution in [0.3, 0.4) is 0 Å². The summed E-state index contributed by atoms with van der Waals surface area (Å²) in [6, 6.07) is 0. The van der Waals surface area contributed by atoms with Gasteiger partial charge in [-0.25, -0.2) is 0 Å². The van der Waals surface area contributed by atoms with Gasteiger partial charge in [-0.15, -0.1) is 0 Å². The van der Waals surface area contributed by atoms with Crippen LogP contribution < -0.4 is 10.6 Å². The lowest BCUT2D eigenvalue weighted by Gasteiger charge is -2.29. The van der Waals surface area contributed by atoms with Gasteiger partial charge in [0.1, 0.15) is 6.10 Å². The molecule has 1 amide bonds. The van der Waals surface area contributed by atoms with Crippen LogP contribution in [0.2, 0.25) is 0 Å². The smallest absolute Gasteiger partial charge is 0.250 e. The first-order chi connectivity index (χ1) is 9.27. The second kappa shape index (κ2) is 7.82. The van der Waals surface area contributed by atoms with Gasteiger partial charge in [-0.3, -0.25) is 4.79 Å². The summed E-state index contributed by atoms with van der Waals surface area (Å²) in [6.07, 6.45) is 5.04. The number of carbonyl (C=O) groups is 1. The van der Waals surface area contributed by atoms with E-state index in [1.54, 1.807) is 0 Å². The zero-order valence-electron chi connectivity index (χ0n) is 11.8. The summed E-state index contributed by atoms with van der Waals surface area (Å²) in [7, 11) is 0. The largest absolute Gasteiger partial charge is 0.376 e. The fourth-order valence-electron chi connectivity index (χ4n) is 2.76. The van der Waals surface area contributed by atoms with Crippen molar-refractivity contribution in [1.29, 1.82) is 0 Å². The molecule has 1 aliphatic heterocycles. The SMILES string of the molecule is CC1CCCCC1OCCNC(=O)C1CNCCO1. The van der Waals surface area contributed by atoms with Crippen LogP contribution in [-0.2, 0) is 14.3 Å². The van der Waals surface area contributed by atoms with Gasteiger partial charge >= 0.3 is 0 Å². The minimum atomic E-state index is -0.345. The molecule has 3 atom stereocenters. The lowest BCUT2D eigenvalue weighted by atomic mass is 9.88. The van der Waals surface area contributed by atoms with Crippen LogP contribution in [0.5, 0.6) is 0 Å². The number of ether oxygens (including phenoxy) is 2. The van der Waals surface area contributed by atoms with Gasteiger partial charge in [-0.05, 0) is 18.8 Å². The number of rotatable bonds is 5. The lowest BCUT2D eigenvalue weighted by molar-refractivity contribution is -0.134. The number of hydrogen-bond donors (Lipinski definition) is 2. The molecule has 0 aromatic rings. The zero-order valence-corrected chi connectivity index (χ0v) is 11.8. The predicted octanol–water partition coefficient (Wildman–Crippen LogP) is 0.686. The van der Waals surface area contributed by atoms with E-state index < -0.39 is 0 Å². The van der Waals surface area contributed by atoms with Gasteiger partial charge in [-0.2, -0.15) is 0 Å². The second-order valence-electron chi connectivity index (χ2n) is 5.53. The topological polar surface area (TPSA) is 59.6 Å². The number of amides is 1. The van der Waals surface area contributed by atoms with Crippen LogP contribution in [0.15, 0.2) is 0 Å². The molecule has 2 aliphatic rings. The molecule has 0 spiro atoms. The maximum absolute atomic E-state index is 11.8. The Morgan fingerprint density at radius 1 is 1.42 bits per heavy atom. The van der Waals surface area contributed by atoms with Crippen LogP contribution in [0, 0.1) is 5.92 Å². The van der Waals surface area contributed by atoms with E-state index in [9.17, 15) is 4.79 Å². The van der Waals surface area contributed by atoms with Crippen LogP contribution in [-0.4, -0.2) is 51.0 Å². The number of carbonyl (C=O) groups excluding carboxylic acids is 1. The van der Waals surface area contributed by atoms with Crippen molar-refractivity contribution < 1.29 is 14.3 Å². The first kappa shape index (κ1) is 14.8. The van der Waals surface area contributed by atoms with Crippen molar-refractivity contribution in [3.05, 3.63) is 0 Å². The van der Waals surface area contributed by atoms with Crippen molar-refractivity contribution in [2.75, 3.05) is 32.8 Å². The van der Waals surface area contributed by atoms with E-state index in [2.05, 4.69) is 17.6 Å². The van der Waals surface area contributed by atoms with Crippen LogP contribution in [0.25, 0.3) is 0 Å². The summed E-state index contributed by atoms with van der Waals surface area (Å²) < 4.78 is 11.3. The lowest BCUT2D eigenvalue weighted by Crippen LogP contribution is -2.48. The molecule has 1 saturated heterocycles. The molecule has 0 bridgehead atoms. The van der Waals surface area contributed by atoms with Gasteiger partial charge in [0.15, 0.2) is 0 Å². The zero-order chi connectivity index (χ0) is 13.5. The number of hydrogen-bond acceptors (Lipinski definition) is 4. The minimum absolute atomic E-state index is 0.0347. The molecule has 1 aliphatic carbocycles. The third-order valence-electron chi connectivity index (χ3n) is 3.99. The molecule has 1 heterocycles. The van der Waals surface area contributed by atoms with E-state index >= 15 is 0 Å². The van der Waals surface area contributed by atoms with Crippen molar-refractivity contribution in [2.45, 2.75) is 44.8 Å². The molecule has 110 valence electrons. The minimum Gasteiger partial charge on any atom is -0.376 e. The second-order valence-corrected chi connectivity index (χ2v) is 5.53. The Kier molecular flexibility index (Phi) is 6.07. The van der Waals surface area contributed by atoms with Gasteiger partial charge in [-0.1, -0.05) is 19.8 Å². The highest BCUT2D eigenvalue weighted by Gasteiger charge is 2.23. The molecule has 2 rings (SSSR count). The molecular formula is C14H26N2O3. The molecule has 5 nitrogen and oxygen atoms in total. The molecule has 1 saturated carbocycles. The van der Waals surface area contributed by atoms with E-state index in [0.29, 0.717) is 38.3 Å². The third-order valence-corrected chi connectivity index (χ3v) is 3.99. The van der Waals surface area contributed by atoms with Gasteiger partial charge in [0, 0.05) is 19.6 Å². The number of morpholine rings is 1. The van der Waals surface area contributed by atoms with Gasteiger partial charge in [0.05, 0.1) is 19.3 Å². The average molecular weight is 270 g/mol. The molecule has 19 heavy (non-hydrogen) atoms. The van der Waals surface area contributed by atoms with E-state index in [1.165, 1.54) is 19.3 Å². The van der Waals surface area contributed by atoms with E-state index in [0.717, 1.165) is 13.0 Å². The van der Waals surface area contributed by atoms with Gasteiger partial charge < -0.3 is 20.1 Å². The van der Waals surface area contributed by atoms with Crippen molar-refractivity contribution >= 4 is 5.91 Å². The molecule has 0 aromatic heterocycles. The quantitative estimate of drug-likeness (QED) is 0.722. The summed E-state index contributed by atoms with van der Waals surface area (Å²) in [4.78, 5) is 11.8. The normalized spacial score (nSPS) is 31.9. The van der Waals surface area contributed by atoms with Crippen LogP contribution in [0.4, 0.5) is 0 Å². The molecule has 5 heteroatoms. The molecular weight excluding hydrogens is 244 g/mol. The maximum atomic E-state index is 11.8. The highest BCUT2D eigenvalue weighted by molar-refractivity contribution is 5.81. The van der Waals surface area contributed by atoms with Gasteiger partial charge in [0.2, 0.25) is 0 Å². The predicted molar refractivity (Wildman–Crippen MR) is 73.0 cm³/mol. The Morgan fingerprint density at radius 2 is 2.26 bits per heavy atom. The summed E-state index contributed by atoms with van der Waals surface area (Å²) in [5.41, 5.74) is 0. The molecule has 0 aromatic carbocycles. The molecule has 2 fully saturated rings. The van der Waals surface area contributed by atoms with Crippen molar-refractivity contribution in [2.24, 2.45) is 5.92 Å². The third kappa shape index (κ3) is 4.75. The van der Waals surface area contributed by atoms with Crippen molar-refractivity contribution in [3.8, 4) is 0 Å². The Balaban J connectivity index is 1.56. The monoisotopic (exact) mass is 270 g/mol. The maximum Gasteiger partial charge on any atom is 0.250 e. The van der Waals surface area contributed by atoms with Crippen LogP contribution in [0.1, 0.15) is 32.6 Å². The number of nitrogens with one attached hydrogen (secondary N) is 2. The van der Waals surface area contributed by atoms with Crippen LogP contribution >= 0.6 is 0 Å². The summed E-state index contributed by atoms with van der Waals surface area (Å²) in [5, 5.41) is 6.02. The highest BCUT2D eigenvalue weighted by Crippen LogP contribution is 2.25. The molecule has 0 radical (unpaired) electrons.